The summed E-state index contributed by atoms with van der Waals surface area (Å²) < 4.78 is 43.5. The summed E-state index contributed by atoms with van der Waals surface area (Å²) in [5.41, 5.74) is 7.57. The van der Waals surface area contributed by atoms with Gasteiger partial charge in [-0.15, -0.1) is 0 Å². The van der Waals surface area contributed by atoms with Crippen molar-refractivity contribution in [1.29, 1.82) is 0 Å². The molecule has 0 bridgehead atoms. The Hall–Kier alpha value is -2.09. The van der Waals surface area contributed by atoms with E-state index in [2.05, 4.69) is 16.2 Å². The van der Waals surface area contributed by atoms with E-state index in [-0.39, 0.29) is 12.0 Å². The Morgan fingerprint density at radius 3 is 2.62 bits per heavy atom. The molecule has 0 saturated carbocycles. The number of hydrogen-bond donors (Lipinski definition) is 3. The van der Waals surface area contributed by atoms with Gasteiger partial charge in [-0.2, -0.15) is 13.2 Å². The maximum absolute atomic E-state index is 12.8. The van der Waals surface area contributed by atoms with Gasteiger partial charge in [0.05, 0.1) is 18.7 Å². The molecule has 0 radical (unpaired) electrons. The summed E-state index contributed by atoms with van der Waals surface area (Å²) in [5, 5.41) is 3.27. The van der Waals surface area contributed by atoms with Crippen LogP contribution in [0.15, 0.2) is 48.5 Å². The SMILES string of the molecule is COc1ccc(C2NNCC2CNCc2cccc(C(F)(F)F)c2)cc1. The van der Waals surface area contributed by atoms with Gasteiger partial charge in [-0.3, -0.25) is 5.43 Å². The molecule has 3 N–H and O–H groups in total. The average molecular weight is 365 g/mol. The largest absolute Gasteiger partial charge is 0.497 e. The zero-order valence-electron chi connectivity index (χ0n) is 14.4. The van der Waals surface area contributed by atoms with Gasteiger partial charge >= 0.3 is 6.18 Å². The lowest BCUT2D eigenvalue weighted by atomic mass is 9.94. The van der Waals surface area contributed by atoms with Crippen molar-refractivity contribution in [2.45, 2.75) is 18.8 Å². The second-order valence-corrected chi connectivity index (χ2v) is 6.37. The molecule has 2 unspecified atom stereocenters. The highest BCUT2D eigenvalue weighted by atomic mass is 19.4. The highest BCUT2D eigenvalue weighted by Crippen LogP contribution is 2.30. The minimum Gasteiger partial charge on any atom is -0.497 e. The number of hydrazine groups is 1. The number of rotatable bonds is 6. The highest BCUT2D eigenvalue weighted by Gasteiger charge is 2.30. The van der Waals surface area contributed by atoms with Crippen LogP contribution >= 0.6 is 0 Å². The summed E-state index contributed by atoms with van der Waals surface area (Å²) in [7, 11) is 1.63. The lowest BCUT2D eigenvalue weighted by Gasteiger charge is -2.20. The Labute approximate surface area is 150 Å². The van der Waals surface area contributed by atoms with E-state index < -0.39 is 11.7 Å². The van der Waals surface area contributed by atoms with Gasteiger partial charge in [0, 0.05) is 25.6 Å². The number of methoxy groups -OCH3 is 1. The summed E-state index contributed by atoms with van der Waals surface area (Å²) in [6, 6.07) is 13.4. The maximum atomic E-state index is 12.8. The molecule has 0 aliphatic carbocycles. The fourth-order valence-electron chi connectivity index (χ4n) is 3.15. The first-order valence-electron chi connectivity index (χ1n) is 8.46. The molecular weight excluding hydrogens is 343 g/mol. The summed E-state index contributed by atoms with van der Waals surface area (Å²) in [5.74, 6) is 1.09. The topological polar surface area (TPSA) is 45.3 Å². The summed E-state index contributed by atoms with van der Waals surface area (Å²) in [6.45, 7) is 1.87. The molecule has 1 saturated heterocycles. The fraction of sp³-hybridized carbons (Fsp3) is 0.368. The molecule has 0 spiro atoms. The first-order chi connectivity index (χ1) is 12.5. The fourth-order valence-corrected chi connectivity index (χ4v) is 3.15. The van der Waals surface area contributed by atoms with E-state index in [1.54, 1.807) is 13.2 Å². The number of alkyl halides is 3. The molecule has 140 valence electrons. The molecule has 1 fully saturated rings. The van der Waals surface area contributed by atoms with Crippen LogP contribution in [0.5, 0.6) is 5.75 Å². The zero-order chi connectivity index (χ0) is 18.6. The summed E-state index contributed by atoms with van der Waals surface area (Å²) in [4.78, 5) is 0. The predicted molar refractivity (Wildman–Crippen MR) is 93.5 cm³/mol. The third-order valence-electron chi connectivity index (χ3n) is 4.56. The van der Waals surface area contributed by atoms with E-state index in [0.29, 0.717) is 18.7 Å². The van der Waals surface area contributed by atoms with E-state index in [9.17, 15) is 13.2 Å². The van der Waals surface area contributed by atoms with Crippen LogP contribution in [0.2, 0.25) is 0 Å². The van der Waals surface area contributed by atoms with Crippen LogP contribution in [-0.4, -0.2) is 20.2 Å². The van der Waals surface area contributed by atoms with Crippen LogP contribution < -0.4 is 20.9 Å². The Morgan fingerprint density at radius 2 is 1.92 bits per heavy atom. The summed E-state index contributed by atoms with van der Waals surface area (Å²) in [6.07, 6.45) is -4.31. The normalized spacial score (nSPS) is 20.3. The first-order valence-corrected chi connectivity index (χ1v) is 8.46. The molecule has 2 aromatic carbocycles. The van der Waals surface area contributed by atoms with Gasteiger partial charge in [-0.25, -0.2) is 5.43 Å². The number of benzene rings is 2. The second-order valence-electron chi connectivity index (χ2n) is 6.37. The number of halogens is 3. The first kappa shape index (κ1) is 18.7. The van der Waals surface area contributed by atoms with Crippen molar-refractivity contribution in [3.05, 3.63) is 65.2 Å². The van der Waals surface area contributed by atoms with Crippen LogP contribution in [0, 0.1) is 5.92 Å². The Morgan fingerprint density at radius 1 is 1.15 bits per heavy atom. The van der Waals surface area contributed by atoms with Gasteiger partial charge in [-0.05, 0) is 29.3 Å². The van der Waals surface area contributed by atoms with Crippen LogP contribution in [0.4, 0.5) is 13.2 Å². The molecule has 1 heterocycles. The molecule has 0 amide bonds. The van der Waals surface area contributed by atoms with Gasteiger partial charge in [0.15, 0.2) is 0 Å². The van der Waals surface area contributed by atoms with Gasteiger partial charge in [0.25, 0.3) is 0 Å². The third kappa shape index (κ3) is 4.55. The van der Waals surface area contributed by atoms with Crippen molar-refractivity contribution in [2.24, 2.45) is 5.92 Å². The minimum absolute atomic E-state index is 0.134. The van der Waals surface area contributed by atoms with Crippen LogP contribution in [0.25, 0.3) is 0 Å². The molecule has 4 nitrogen and oxygen atoms in total. The molecule has 26 heavy (non-hydrogen) atoms. The van der Waals surface area contributed by atoms with Gasteiger partial charge < -0.3 is 10.1 Å². The molecule has 3 rings (SSSR count). The molecule has 2 atom stereocenters. The Kier molecular flexibility index (Phi) is 5.80. The van der Waals surface area contributed by atoms with Crippen molar-refractivity contribution in [1.82, 2.24) is 16.2 Å². The average Bonchev–Trinajstić information content (AvgIpc) is 3.10. The molecule has 1 aliphatic heterocycles. The molecule has 1 aliphatic rings. The van der Waals surface area contributed by atoms with E-state index >= 15 is 0 Å². The lowest BCUT2D eigenvalue weighted by Crippen LogP contribution is -2.28. The van der Waals surface area contributed by atoms with Crippen LogP contribution in [-0.2, 0) is 12.7 Å². The predicted octanol–water partition coefficient (Wildman–Crippen LogP) is 3.27. The van der Waals surface area contributed by atoms with Crippen molar-refractivity contribution in [3.8, 4) is 5.75 Å². The number of hydrogen-bond acceptors (Lipinski definition) is 4. The van der Waals surface area contributed by atoms with Crippen molar-refractivity contribution >= 4 is 0 Å². The third-order valence-corrected chi connectivity index (χ3v) is 4.56. The van der Waals surface area contributed by atoms with E-state index in [4.69, 9.17) is 4.74 Å². The molecular formula is C19H22F3N3O. The van der Waals surface area contributed by atoms with Crippen molar-refractivity contribution in [2.75, 3.05) is 20.2 Å². The monoisotopic (exact) mass is 365 g/mol. The van der Waals surface area contributed by atoms with Crippen LogP contribution in [0.1, 0.15) is 22.7 Å². The molecule has 7 heteroatoms. The highest BCUT2D eigenvalue weighted by molar-refractivity contribution is 5.30. The minimum atomic E-state index is -4.31. The van der Waals surface area contributed by atoms with Gasteiger partial charge in [-0.1, -0.05) is 30.3 Å². The Balaban J connectivity index is 1.57. The maximum Gasteiger partial charge on any atom is 0.416 e. The van der Waals surface area contributed by atoms with Crippen LogP contribution in [0.3, 0.4) is 0 Å². The smallest absolute Gasteiger partial charge is 0.416 e. The van der Waals surface area contributed by atoms with Gasteiger partial charge in [0.1, 0.15) is 5.75 Å². The summed E-state index contributed by atoms with van der Waals surface area (Å²) >= 11 is 0. The molecule has 2 aromatic rings. The van der Waals surface area contributed by atoms with E-state index in [1.807, 2.05) is 24.3 Å². The Bertz CT molecular complexity index is 719. The quantitative estimate of drug-likeness (QED) is 0.735. The van der Waals surface area contributed by atoms with Crippen molar-refractivity contribution < 1.29 is 17.9 Å². The van der Waals surface area contributed by atoms with Crippen molar-refractivity contribution in [3.63, 3.8) is 0 Å². The number of ether oxygens (including phenoxy) is 1. The standard InChI is InChI=1S/C19H22F3N3O/c1-26-17-7-5-14(6-8-17)18-15(12-24-25-18)11-23-10-13-3-2-4-16(9-13)19(20,21)22/h2-9,15,18,23-25H,10-12H2,1H3. The molecule has 0 aromatic heterocycles. The van der Waals surface area contributed by atoms with E-state index in [1.165, 1.54) is 12.1 Å². The lowest BCUT2D eigenvalue weighted by molar-refractivity contribution is -0.137. The van der Waals surface area contributed by atoms with E-state index in [0.717, 1.165) is 23.9 Å². The number of nitrogens with one attached hydrogen (secondary N) is 3. The second kappa shape index (κ2) is 8.07. The van der Waals surface area contributed by atoms with Gasteiger partial charge in [0.2, 0.25) is 0 Å². The zero-order valence-corrected chi connectivity index (χ0v) is 14.4.